The van der Waals surface area contributed by atoms with Gasteiger partial charge in [0.1, 0.15) is 5.60 Å². The Labute approximate surface area is 110 Å². The molecule has 1 unspecified atom stereocenters. The molecule has 1 fully saturated rings. The lowest BCUT2D eigenvalue weighted by Crippen LogP contribution is -2.42. The van der Waals surface area contributed by atoms with E-state index in [-0.39, 0.29) is 6.09 Å². The third-order valence-corrected chi connectivity index (χ3v) is 2.78. The average Bonchev–Trinajstić information content (AvgIpc) is 2.74. The van der Waals surface area contributed by atoms with E-state index in [1.165, 1.54) is 0 Å². The predicted octanol–water partition coefficient (Wildman–Crippen LogP) is 1.62. The second-order valence-electron chi connectivity index (χ2n) is 5.57. The molecule has 1 N–H and O–H groups in total. The molecule has 1 aliphatic rings. The Morgan fingerprint density at radius 3 is 2.72 bits per heavy atom. The SMILES string of the molecule is CCN(CCNC1CCOC1)C(=O)OC(C)(C)C. The molecule has 5 nitrogen and oxygen atoms in total. The van der Waals surface area contributed by atoms with Crippen molar-refractivity contribution >= 4 is 6.09 Å². The van der Waals surface area contributed by atoms with Crippen LogP contribution in [0, 0.1) is 0 Å². The molecule has 0 aromatic carbocycles. The summed E-state index contributed by atoms with van der Waals surface area (Å²) in [6, 6.07) is 0.433. The minimum absolute atomic E-state index is 0.241. The maximum absolute atomic E-state index is 11.9. The molecule has 0 aliphatic carbocycles. The quantitative estimate of drug-likeness (QED) is 0.814. The van der Waals surface area contributed by atoms with E-state index in [4.69, 9.17) is 9.47 Å². The van der Waals surface area contributed by atoms with Crippen molar-refractivity contribution in [2.75, 3.05) is 32.8 Å². The zero-order valence-electron chi connectivity index (χ0n) is 12.0. The van der Waals surface area contributed by atoms with Crippen molar-refractivity contribution in [3.05, 3.63) is 0 Å². The maximum atomic E-state index is 11.9. The zero-order valence-corrected chi connectivity index (χ0v) is 12.0. The van der Waals surface area contributed by atoms with Crippen molar-refractivity contribution in [3.63, 3.8) is 0 Å². The molecule has 1 amide bonds. The van der Waals surface area contributed by atoms with Gasteiger partial charge in [0.15, 0.2) is 0 Å². The number of ether oxygens (including phenoxy) is 2. The van der Waals surface area contributed by atoms with Gasteiger partial charge in [-0.15, -0.1) is 0 Å². The number of likely N-dealkylation sites (N-methyl/N-ethyl adjacent to an activating group) is 1. The van der Waals surface area contributed by atoms with Crippen LogP contribution in [-0.2, 0) is 9.47 Å². The fraction of sp³-hybridized carbons (Fsp3) is 0.923. The van der Waals surface area contributed by atoms with Gasteiger partial charge in [0, 0.05) is 32.3 Å². The molecule has 1 rings (SSSR count). The van der Waals surface area contributed by atoms with Crippen molar-refractivity contribution in [2.24, 2.45) is 0 Å². The van der Waals surface area contributed by atoms with E-state index in [0.29, 0.717) is 19.1 Å². The first-order valence-corrected chi connectivity index (χ1v) is 6.71. The van der Waals surface area contributed by atoms with Crippen LogP contribution in [0.1, 0.15) is 34.1 Å². The van der Waals surface area contributed by atoms with E-state index >= 15 is 0 Å². The molecular weight excluding hydrogens is 232 g/mol. The maximum Gasteiger partial charge on any atom is 0.410 e. The van der Waals surface area contributed by atoms with Gasteiger partial charge in [0.25, 0.3) is 0 Å². The molecule has 0 aromatic rings. The third-order valence-electron chi connectivity index (χ3n) is 2.78. The molecule has 1 heterocycles. The van der Waals surface area contributed by atoms with Gasteiger partial charge in [-0.2, -0.15) is 0 Å². The van der Waals surface area contributed by atoms with E-state index in [2.05, 4.69) is 5.32 Å². The minimum Gasteiger partial charge on any atom is -0.444 e. The van der Waals surface area contributed by atoms with Gasteiger partial charge in [-0.3, -0.25) is 0 Å². The van der Waals surface area contributed by atoms with Gasteiger partial charge in [0.2, 0.25) is 0 Å². The average molecular weight is 258 g/mol. The van der Waals surface area contributed by atoms with Crippen LogP contribution in [-0.4, -0.2) is 55.5 Å². The largest absolute Gasteiger partial charge is 0.444 e. The van der Waals surface area contributed by atoms with Gasteiger partial charge >= 0.3 is 6.09 Å². The van der Waals surface area contributed by atoms with E-state index < -0.39 is 5.60 Å². The lowest BCUT2D eigenvalue weighted by atomic mass is 10.2. The zero-order chi connectivity index (χ0) is 13.6. The molecule has 0 radical (unpaired) electrons. The summed E-state index contributed by atoms with van der Waals surface area (Å²) in [7, 11) is 0. The molecule has 0 bridgehead atoms. The normalized spacial score (nSPS) is 19.9. The molecule has 0 aromatic heterocycles. The van der Waals surface area contributed by atoms with Gasteiger partial charge < -0.3 is 19.7 Å². The van der Waals surface area contributed by atoms with E-state index in [1.807, 2.05) is 27.7 Å². The lowest BCUT2D eigenvalue weighted by molar-refractivity contribution is 0.0261. The highest BCUT2D eigenvalue weighted by Gasteiger charge is 2.21. The van der Waals surface area contributed by atoms with Crippen molar-refractivity contribution in [1.29, 1.82) is 0 Å². The van der Waals surface area contributed by atoms with Gasteiger partial charge in [-0.25, -0.2) is 4.79 Å². The highest BCUT2D eigenvalue weighted by molar-refractivity contribution is 5.68. The molecule has 0 saturated carbocycles. The molecule has 1 saturated heterocycles. The minimum atomic E-state index is -0.433. The molecular formula is C13H26N2O3. The first-order valence-electron chi connectivity index (χ1n) is 6.71. The van der Waals surface area contributed by atoms with Crippen LogP contribution >= 0.6 is 0 Å². The summed E-state index contributed by atoms with van der Waals surface area (Å²) in [6.07, 6.45) is 0.813. The molecule has 18 heavy (non-hydrogen) atoms. The summed E-state index contributed by atoms with van der Waals surface area (Å²) < 4.78 is 10.6. The number of rotatable bonds is 5. The monoisotopic (exact) mass is 258 g/mol. The van der Waals surface area contributed by atoms with E-state index in [1.54, 1.807) is 4.90 Å². The first kappa shape index (κ1) is 15.2. The van der Waals surface area contributed by atoms with Crippen LogP contribution in [0.15, 0.2) is 0 Å². The molecule has 1 aliphatic heterocycles. The number of nitrogens with zero attached hydrogens (tertiary/aromatic N) is 1. The summed E-state index contributed by atoms with van der Waals surface area (Å²) in [6.45, 7) is 11.3. The van der Waals surface area contributed by atoms with Crippen LogP contribution < -0.4 is 5.32 Å². The standard InChI is InChI=1S/C13H26N2O3/c1-5-15(12(16)18-13(2,3)4)8-7-14-11-6-9-17-10-11/h11,14H,5-10H2,1-4H3. The Kier molecular flexibility index (Phi) is 5.88. The summed E-state index contributed by atoms with van der Waals surface area (Å²) in [4.78, 5) is 13.6. The summed E-state index contributed by atoms with van der Waals surface area (Å²) >= 11 is 0. The third kappa shape index (κ3) is 5.69. The number of nitrogens with one attached hydrogen (secondary N) is 1. The lowest BCUT2D eigenvalue weighted by Gasteiger charge is -2.27. The van der Waals surface area contributed by atoms with Crippen molar-refractivity contribution in [3.8, 4) is 0 Å². The van der Waals surface area contributed by atoms with Gasteiger partial charge in [0.05, 0.1) is 6.61 Å². The summed E-state index contributed by atoms with van der Waals surface area (Å²) in [5, 5.41) is 3.39. The van der Waals surface area contributed by atoms with Crippen molar-refractivity contribution in [2.45, 2.75) is 45.8 Å². The summed E-state index contributed by atoms with van der Waals surface area (Å²) in [5.74, 6) is 0. The number of hydrogen-bond donors (Lipinski definition) is 1. The molecule has 1 atom stereocenters. The Bertz CT molecular complexity index is 257. The number of hydrogen-bond acceptors (Lipinski definition) is 4. The van der Waals surface area contributed by atoms with Gasteiger partial charge in [-0.1, -0.05) is 0 Å². The Hall–Kier alpha value is -0.810. The Morgan fingerprint density at radius 1 is 1.50 bits per heavy atom. The Balaban J connectivity index is 2.25. The van der Waals surface area contributed by atoms with E-state index in [0.717, 1.165) is 26.2 Å². The van der Waals surface area contributed by atoms with Crippen LogP contribution in [0.25, 0.3) is 0 Å². The second-order valence-corrected chi connectivity index (χ2v) is 5.57. The number of amides is 1. The number of carbonyl (C=O) groups excluding carboxylic acids is 1. The smallest absolute Gasteiger partial charge is 0.410 e. The second kappa shape index (κ2) is 6.95. The number of carbonyl (C=O) groups is 1. The van der Waals surface area contributed by atoms with Crippen molar-refractivity contribution < 1.29 is 14.3 Å². The topological polar surface area (TPSA) is 50.8 Å². The van der Waals surface area contributed by atoms with Gasteiger partial charge in [-0.05, 0) is 34.1 Å². The van der Waals surface area contributed by atoms with Crippen LogP contribution in [0.2, 0.25) is 0 Å². The predicted molar refractivity (Wildman–Crippen MR) is 70.7 cm³/mol. The highest BCUT2D eigenvalue weighted by atomic mass is 16.6. The first-order chi connectivity index (χ1) is 8.42. The Morgan fingerprint density at radius 2 is 2.22 bits per heavy atom. The fourth-order valence-electron chi connectivity index (χ4n) is 1.80. The van der Waals surface area contributed by atoms with Crippen molar-refractivity contribution in [1.82, 2.24) is 10.2 Å². The van der Waals surface area contributed by atoms with Crippen LogP contribution in [0.5, 0.6) is 0 Å². The summed E-state index contributed by atoms with van der Waals surface area (Å²) in [5.41, 5.74) is -0.433. The van der Waals surface area contributed by atoms with E-state index in [9.17, 15) is 4.79 Å². The highest BCUT2D eigenvalue weighted by Crippen LogP contribution is 2.09. The molecule has 106 valence electrons. The van der Waals surface area contributed by atoms with Crippen LogP contribution in [0.4, 0.5) is 4.79 Å². The van der Waals surface area contributed by atoms with Crippen LogP contribution in [0.3, 0.4) is 0 Å². The fourth-order valence-corrected chi connectivity index (χ4v) is 1.80. The molecule has 5 heteroatoms. The molecule has 0 spiro atoms.